The lowest BCUT2D eigenvalue weighted by molar-refractivity contribution is -0.130. The van der Waals surface area contributed by atoms with Crippen LogP contribution in [0.1, 0.15) is 56.7 Å². The first kappa shape index (κ1) is 18.2. The van der Waals surface area contributed by atoms with E-state index in [1.807, 2.05) is 25.7 Å². The molecule has 1 aliphatic heterocycles. The van der Waals surface area contributed by atoms with E-state index in [0.717, 1.165) is 19.4 Å². The minimum absolute atomic E-state index is 0.0668. The highest BCUT2D eigenvalue weighted by atomic mass is 16.2. The number of hydrogen-bond acceptors (Lipinski definition) is 4. The lowest BCUT2D eigenvalue weighted by Gasteiger charge is -2.32. The van der Waals surface area contributed by atoms with E-state index in [9.17, 15) is 14.4 Å². The van der Waals surface area contributed by atoms with E-state index in [2.05, 4.69) is 15.3 Å². The van der Waals surface area contributed by atoms with Crippen molar-refractivity contribution in [2.75, 3.05) is 19.6 Å². The maximum Gasteiger partial charge on any atom is 0.345 e. The van der Waals surface area contributed by atoms with Gasteiger partial charge >= 0.3 is 5.69 Å². The number of nitrogens with one attached hydrogen (secondary N) is 2. The van der Waals surface area contributed by atoms with Crippen LogP contribution in [0.25, 0.3) is 0 Å². The second-order valence-electron chi connectivity index (χ2n) is 7.42. The van der Waals surface area contributed by atoms with E-state index in [0.29, 0.717) is 18.8 Å². The van der Waals surface area contributed by atoms with Crippen molar-refractivity contribution in [2.24, 2.45) is 5.92 Å². The molecule has 2 rings (SSSR count). The Labute approximate surface area is 141 Å². The zero-order valence-corrected chi connectivity index (χ0v) is 14.8. The standard InChI is InChI=1S/C17H26N4O3/c1-11(22)21-7-5-6-12(10-21)9-18-15(23)13-8-14(17(2,3)4)20-16(24)19-13/h8,12H,5-7,9-10H2,1-4H3,(H,18,23)(H,19,20,24)/t12-/m0/s1. The van der Waals surface area contributed by atoms with Crippen molar-refractivity contribution >= 4 is 11.8 Å². The summed E-state index contributed by atoms with van der Waals surface area (Å²) in [4.78, 5) is 43.7. The number of piperidine rings is 1. The second-order valence-corrected chi connectivity index (χ2v) is 7.42. The number of rotatable bonds is 3. The van der Waals surface area contributed by atoms with Gasteiger partial charge in [0.25, 0.3) is 5.91 Å². The molecule has 7 heteroatoms. The lowest BCUT2D eigenvalue weighted by atomic mass is 9.91. The SMILES string of the molecule is CC(=O)N1CCC[C@@H](CNC(=O)c2cc(C(C)(C)C)[nH]c(=O)n2)C1. The Morgan fingerprint density at radius 2 is 2.12 bits per heavy atom. The van der Waals surface area contributed by atoms with Crippen molar-refractivity contribution in [3.63, 3.8) is 0 Å². The van der Waals surface area contributed by atoms with E-state index in [1.54, 1.807) is 13.0 Å². The van der Waals surface area contributed by atoms with Gasteiger partial charge in [-0.2, -0.15) is 4.98 Å². The molecule has 7 nitrogen and oxygen atoms in total. The van der Waals surface area contributed by atoms with Gasteiger partial charge in [0.15, 0.2) is 0 Å². The van der Waals surface area contributed by atoms with Gasteiger partial charge in [0.05, 0.1) is 0 Å². The van der Waals surface area contributed by atoms with Crippen LogP contribution in [0.3, 0.4) is 0 Å². The Morgan fingerprint density at radius 1 is 1.42 bits per heavy atom. The van der Waals surface area contributed by atoms with Crippen molar-refractivity contribution in [3.05, 3.63) is 27.9 Å². The first-order valence-electron chi connectivity index (χ1n) is 8.32. The molecule has 0 saturated carbocycles. The highest BCUT2D eigenvalue weighted by Gasteiger charge is 2.23. The molecule has 1 saturated heterocycles. The van der Waals surface area contributed by atoms with Crippen LogP contribution in [0.2, 0.25) is 0 Å². The van der Waals surface area contributed by atoms with Crippen LogP contribution in [0.15, 0.2) is 10.9 Å². The Balaban J connectivity index is 2.01. The number of nitrogens with zero attached hydrogens (tertiary/aromatic N) is 2. The monoisotopic (exact) mass is 334 g/mol. The van der Waals surface area contributed by atoms with Crippen molar-refractivity contribution in [3.8, 4) is 0 Å². The summed E-state index contributed by atoms with van der Waals surface area (Å²) < 4.78 is 0. The first-order valence-corrected chi connectivity index (χ1v) is 8.32. The summed E-state index contributed by atoms with van der Waals surface area (Å²) in [6.07, 6.45) is 1.91. The van der Waals surface area contributed by atoms with Crippen molar-refractivity contribution < 1.29 is 9.59 Å². The van der Waals surface area contributed by atoms with E-state index in [-0.39, 0.29) is 28.8 Å². The van der Waals surface area contributed by atoms with Gasteiger partial charge in [0.1, 0.15) is 5.69 Å². The Bertz CT molecular complexity index is 675. The fourth-order valence-corrected chi connectivity index (χ4v) is 2.82. The summed E-state index contributed by atoms with van der Waals surface area (Å²) in [5.74, 6) is -0.0562. The number of amides is 2. The van der Waals surface area contributed by atoms with Crippen LogP contribution in [0.4, 0.5) is 0 Å². The van der Waals surface area contributed by atoms with E-state index < -0.39 is 5.69 Å². The van der Waals surface area contributed by atoms with Gasteiger partial charge in [-0.1, -0.05) is 20.8 Å². The molecule has 2 amide bonds. The molecule has 132 valence electrons. The third-order valence-electron chi connectivity index (χ3n) is 4.30. The molecule has 0 aliphatic carbocycles. The first-order chi connectivity index (χ1) is 11.2. The average molecular weight is 334 g/mol. The van der Waals surface area contributed by atoms with Crippen molar-refractivity contribution in [1.29, 1.82) is 0 Å². The highest BCUT2D eigenvalue weighted by Crippen LogP contribution is 2.19. The third-order valence-corrected chi connectivity index (χ3v) is 4.30. The maximum absolute atomic E-state index is 12.3. The van der Waals surface area contributed by atoms with Crippen molar-refractivity contribution in [1.82, 2.24) is 20.2 Å². The zero-order valence-electron chi connectivity index (χ0n) is 14.8. The summed E-state index contributed by atoms with van der Waals surface area (Å²) in [6, 6.07) is 1.62. The van der Waals surface area contributed by atoms with Gasteiger partial charge in [-0.3, -0.25) is 9.59 Å². The molecule has 1 aliphatic rings. The molecular formula is C17H26N4O3. The molecule has 1 atom stereocenters. The van der Waals surface area contributed by atoms with Gasteiger partial charge in [-0.25, -0.2) is 4.79 Å². The quantitative estimate of drug-likeness (QED) is 0.864. The van der Waals surface area contributed by atoms with Crippen LogP contribution in [0.5, 0.6) is 0 Å². The molecule has 1 fully saturated rings. The fourth-order valence-electron chi connectivity index (χ4n) is 2.82. The Kier molecular flexibility index (Phi) is 5.41. The van der Waals surface area contributed by atoms with Gasteiger partial charge in [0, 0.05) is 37.7 Å². The second kappa shape index (κ2) is 7.15. The minimum atomic E-state index is -0.520. The summed E-state index contributed by atoms with van der Waals surface area (Å²) in [6.45, 7) is 9.35. The minimum Gasteiger partial charge on any atom is -0.350 e. The predicted octanol–water partition coefficient (Wildman–Crippen LogP) is 1.06. The Morgan fingerprint density at radius 3 is 2.75 bits per heavy atom. The van der Waals surface area contributed by atoms with Gasteiger partial charge in [0.2, 0.25) is 5.91 Å². The van der Waals surface area contributed by atoms with Crippen LogP contribution in [0, 0.1) is 5.92 Å². The highest BCUT2D eigenvalue weighted by molar-refractivity contribution is 5.92. The topological polar surface area (TPSA) is 95.2 Å². The molecule has 1 aromatic heterocycles. The number of H-pyrrole nitrogens is 1. The van der Waals surface area contributed by atoms with Crippen LogP contribution < -0.4 is 11.0 Å². The fraction of sp³-hybridized carbons (Fsp3) is 0.647. The molecule has 0 spiro atoms. The smallest absolute Gasteiger partial charge is 0.345 e. The molecule has 1 aromatic rings. The van der Waals surface area contributed by atoms with Crippen LogP contribution in [-0.2, 0) is 10.2 Å². The summed E-state index contributed by atoms with van der Waals surface area (Å²) >= 11 is 0. The zero-order chi connectivity index (χ0) is 17.9. The molecule has 2 N–H and O–H groups in total. The Hall–Kier alpha value is -2.18. The number of carbonyl (C=O) groups is 2. The van der Waals surface area contributed by atoms with E-state index >= 15 is 0 Å². The third kappa shape index (κ3) is 4.66. The number of carbonyl (C=O) groups excluding carboxylic acids is 2. The summed E-state index contributed by atoms with van der Waals surface area (Å²) in [7, 11) is 0. The largest absolute Gasteiger partial charge is 0.350 e. The predicted molar refractivity (Wildman–Crippen MR) is 90.9 cm³/mol. The number of hydrogen-bond donors (Lipinski definition) is 2. The molecule has 0 aromatic carbocycles. The summed E-state index contributed by atoms with van der Waals surface area (Å²) in [5, 5.41) is 2.84. The van der Waals surface area contributed by atoms with Gasteiger partial charge in [-0.15, -0.1) is 0 Å². The maximum atomic E-state index is 12.3. The van der Waals surface area contributed by atoms with E-state index in [4.69, 9.17) is 0 Å². The molecule has 2 heterocycles. The number of aromatic nitrogens is 2. The van der Waals surface area contributed by atoms with Crippen molar-refractivity contribution in [2.45, 2.75) is 46.0 Å². The average Bonchev–Trinajstić information content (AvgIpc) is 2.51. The molecule has 0 bridgehead atoms. The summed E-state index contributed by atoms with van der Waals surface area (Å²) in [5.41, 5.74) is 0.00615. The molecule has 0 radical (unpaired) electrons. The number of likely N-dealkylation sites (tertiary alicyclic amines) is 1. The molecule has 24 heavy (non-hydrogen) atoms. The van der Waals surface area contributed by atoms with Crippen LogP contribution in [-0.4, -0.2) is 46.3 Å². The van der Waals surface area contributed by atoms with Gasteiger partial charge in [-0.05, 0) is 24.8 Å². The molecular weight excluding hydrogens is 308 g/mol. The lowest BCUT2D eigenvalue weighted by Crippen LogP contribution is -2.43. The normalized spacial score (nSPS) is 18.3. The van der Waals surface area contributed by atoms with E-state index in [1.165, 1.54) is 0 Å². The number of aromatic amines is 1. The van der Waals surface area contributed by atoms with Gasteiger partial charge < -0.3 is 15.2 Å². The van der Waals surface area contributed by atoms with Crippen LogP contribution >= 0.6 is 0 Å². The molecule has 0 unspecified atom stereocenters.